The summed E-state index contributed by atoms with van der Waals surface area (Å²) >= 11 is 0. The average Bonchev–Trinajstić information content (AvgIpc) is 2.18. The summed E-state index contributed by atoms with van der Waals surface area (Å²) in [5, 5.41) is 0. The first-order valence-corrected chi connectivity index (χ1v) is 6.18. The molecule has 84 valence electrons. The summed E-state index contributed by atoms with van der Waals surface area (Å²) in [7, 11) is -3.97. The van der Waals surface area contributed by atoms with E-state index in [0.717, 1.165) is 0 Å². The molecule has 1 rings (SSSR count). The molecule has 1 aromatic carbocycles. The van der Waals surface area contributed by atoms with Crippen LogP contribution in [0.4, 0.5) is 4.48 Å². The van der Waals surface area contributed by atoms with Crippen LogP contribution < -0.4 is 0 Å². The van der Waals surface area contributed by atoms with Crippen LogP contribution >= 0.6 is 0 Å². The Bertz CT molecular complexity index is 431. The minimum absolute atomic E-state index is 0.0287. The van der Waals surface area contributed by atoms with Gasteiger partial charge in [-0.25, -0.2) is 8.42 Å². The topological polar surface area (TPSA) is 37.4 Å². The largest absolute Gasteiger partial charge is 0.269 e. The normalized spacial score (nSPS) is 12.0. The molecule has 0 saturated carbocycles. The number of nitrogens with zero attached hydrogens (tertiary/aromatic N) is 1. The Hall–Kier alpha value is -0.940. The van der Waals surface area contributed by atoms with E-state index in [1.807, 2.05) is 0 Å². The van der Waals surface area contributed by atoms with E-state index >= 15 is 0 Å². The summed E-state index contributed by atoms with van der Waals surface area (Å²) in [6.07, 6.45) is 0.446. The van der Waals surface area contributed by atoms with Crippen molar-refractivity contribution in [2.75, 3.05) is 6.54 Å². The Morgan fingerprint density at radius 2 is 1.93 bits per heavy atom. The van der Waals surface area contributed by atoms with Gasteiger partial charge in [0.25, 0.3) is 10.0 Å². The van der Waals surface area contributed by atoms with Gasteiger partial charge in [0, 0.05) is 6.54 Å². The predicted molar refractivity (Wildman–Crippen MR) is 56.5 cm³/mol. The Balaban J connectivity index is 3.12. The Kier molecular flexibility index (Phi) is 3.82. The zero-order valence-electron chi connectivity index (χ0n) is 8.77. The minimum atomic E-state index is -3.97. The molecular formula is C10H14FNO2S. The minimum Gasteiger partial charge on any atom is -0.205 e. The fourth-order valence-corrected chi connectivity index (χ4v) is 2.61. The lowest BCUT2D eigenvalue weighted by Gasteiger charge is -2.12. The highest BCUT2D eigenvalue weighted by Gasteiger charge is 2.24. The molecular weight excluding hydrogens is 217 g/mol. The summed E-state index contributed by atoms with van der Waals surface area (Å²) in [6, 6.07) is 6.36. The van der Waals surface area contributed by atoms with Gasteiger partial charge in [-0.1, -0.05) is 25.1 Å². The number of hydrogen-bond acceptors (Lipinski definition) is 2. The van der Waals surface area contributed by atoms with Crippen LogP contribution in [0.2, 0.25) is 0 Å². The molecule has 15 heavy (non-hydrogen) atoms. The van der Waals surface area contributed by atoms with Crippen LogP contribution in [0, 0.1) is 6.92 Å². The molecule has 0 N–H and O–H groups in total. The van der Waals surface area contributed by atoms with E-state index in [9.17, 15) is 12.9 Å². The van der Waals surface area contributed by atoms with Crippen molar-refractivity contribution < 1.29 is 12.9 Å². The molecule has 1 aromatic rings. The first-order valence-electron chi connectivity index (χ1n) is 4.74. The first kappa shape index (κ1) is 12.1. The van der Waals surface area contributed by atoms with Gasteiger partial charge in [0.2, 0.25) is 0 Å². The summed E-state index contributed by atoms with van der Waals surface area (Å²) in [5.74, 6) is 0. The van der Waals surface area contributed by atoms with Crippen LogP contribution in [0.25, 0.3) is 0 Å². The quantitative estimate of drug-likeness (QED) is 0.745. The third kappa shape index (κ3) is 2.54. The van der Waals surface area contributed by atoms with Crippen molar-refractivity contribution in [1.29, 1.82) is 0 Å². The van der Waals surface area contributed by atoms with Crippen molar-refractivity contribution in [3.63, 3.8) is 0 Å². The summed E-state index contributed by atoms with van der Waals surface area (Å²) in [6.45, 7) is 3.25. The van der Waals surface area contributed by atoms with Crippen LogP contribution in [-0.4, -0.2) is 19.5 Å². The summed E-state index contributed by atoms with van der Waals surface area (Å²) in [4.78, 5) is 0.0287. The standard InChI is InChI=1S/C10H14FNO2S/c1-3-8-12(11)15(13,14)10-7-5-4-6-9(10)2/h4-7H,3,8H2,1-2H3. The molecule has 0 atom stereocenters. The molecule has 0 aliphatic carbocycles. The van der Waals surface area contributed by atoms with Crippen molar-refractivity contribution in [3.8, 4) is 0 Å². The third-order valence-corrected chi connectivity index (χ3v) is 3.75. The van der Waals surface area contributed by atoms with Gasteiger partial charge in [-0.2, -0.15) is 0 Å². The molecule has 0 bridgehead atoms. The Morgan fingerprint density at radius 3 is 2.47 bits per heavy atom. The van der Waals surface area contributed by atoms with E-state index in [1.54, 1.807) is 32.0 Å². The lowest BCUT2D eigenvalue weighted by Crippen LogP contribution is -2.24. The summed E-state index contributed by atoms with van der Waals surface area (Å²) < 4.78 is 36.6. The van der Waals surface area contributed by atoms with Gasteiger partial charge in [0.1, 0.15) is 0 Å². The second-order valence-electron chi connectivity index (χ2n) is 3.28. The number of rotatable bonds is 4. The van der Waals surface area contributed by atoms with Crippen LogP contribution in [0.15, 0.2) is 29.2 Å². The van der Waals surface area contributed by atoms with Gasteiger partial charge < -0.3 is 0 Å². The molecule has 0 fully saturated rings. The molecule has 0 spiro atoms. The molecule has 0 aromatic heterocycles. The zero-order chi connectivity index (χ0) is 11.5. The van der Waals surface area contributed by atoms with E-state index in [-0.39, 0.29) is 16.0 Å². The van der Waals surface area contributed by atoms with Crippen LogP contribution in [0.5, 0.6) is 0 Å². The molecule has 0 amide bonds. The van der Waals surface area contributed by atoms with E-state index < -0.39 is 10.0 Å². The Labute approximate surface area is 89.5 Å². The van der Waals surface area contributed by atoms with Gasteiger partial charge in [-0.05, 0) is 29.5 Å². The van der Waals surface area contributed by atoms with Crippen molar-refractivity contribution in [3.05, 3.63) is 29.8 Å². The number of hydrogen-bond donors (Lipinski definition) is 0. The van der Waals surface area contributed by atoms with Crippen LogP contribution in [-0.2, 0) is 10.0 Å². The fourth-order valence-electron chi connectivity index (χ4n) is 1.25. The van der Waals surface area contributed by atoms with Gasteiger partial charge in [0.15, 0.2) is 0 Å². The van der Waals surface area contributed by atoms with Gasteiger partial charge in [-0.15, -0.1) is 4.48 Å². The highest BCUT2D eigenvalue weighted by atomic mass is 32.2. The Morgan fingerprint density at radius 1 is 1.33 bits per heavy atom. The lowest BCUT2D eigenvalue weighted by molar-refractivity contribution is 0.139. The van der Waals surface area contributed by atoms with Crippen molar-refractivity contribution in [1.82, 2.24) is 4.53 Å². The van der Waals surface area contributed by atoms with E-state index in [4.69, 9.17) is 0 Å². The first-order chi connectivity index (χ1) is 7.00. The maximum absolute atomic E-state index is 13.3. The summed E-state index contributed by atoms with van der Waals surface area (Å²) in [5.41, 5.74) is 0.552. The number of aryl methyl sites for hydroxylation is 1. The van der Waals surface area contributed by atoms with E-state index in [0.29, 0.717) is 12.0 Å². The SMILES string of the molecule is CCCN(F)S(=O)(=O)c1ccccc1C. The highest BCUT2D eigenvalue weighted by Crippen LogP contribution is 2.19. The molecule has 0 aliphatic rings. The lowest BCUT2D eigenvalue weighted by atomic mass is 10.2. The predicted octanol–water partition coefficient (Wildman–Crippen LogP) is 2.28. The average molecular weight is 231 g/mol. The maximum Gasteiger partial charge on any atom is 0.269 e. The molecule has 0 radical (unpaired) electrons. The number of sulfonamides is 1. The second-order valence-corrected chi connectivity index (χ2v) is 5.07. The number of halogens is 1. The van der Waals surface area contributed by atoms with Crippen LogP contribution in [0.1, 0.15) is 18.9 Å². The second kappa shape index (κ2) is 4.72. The van der Waals surface area contributed by atoms with Gasteiger partial charge in [-0.3, -0.25) is 0 Å². The van der Waals surface area contributed by atoms with Crippen LogP contribution in [0.3, 0.4) is 0 Å². The molecule has 0 unspecified atom stereocenters. The third-order valence-electron chi connectivity index (χ3n) is 2.03. The molecule has 0 saturated heterocycles. The van der Waals surface area contributed by atoms with E-state index in [2.05, 4.69) is 0 Å². The van der Waals surface area contributed by atoms with Gasteiger partial charge in [0.05, 0.1) is 4.90 Å². The van der Waals surface area contributed by atoms with Crippen molar-refractivity contribution in [2.45, 2.75) is 25.2 Å². The zero-order valence-corrected chi connectivity index (χ0v) is 9.59. The molecule has 0 heterocycles. The molecule has 3 nitrogen and oxygen atoms in total. The smallest absolute Gasteiger partial charge is 0.205 e. The monoisotopic (exact) mass is 231 g/mol. The fraction of sp³-hybridized carbons (Fsp3) is 0.400. The molecule has 5 heteroatoms. The van der Waals surface area contributed by atoms with E-state index in [1.165, 1.54) is 6.07 Å². The highest BCUT2D eigenvalue weighted by molar-refractivity contribution is 7.89. The molecule has 0 aliphatic heterocycles. The van der Waals surface area contributed by atoms with Crippen molar-refractivity contribution >= 4 is 10.0 Å². The van der Waals surface area contributed by atoms with Crippen molar-refractivity contribution in [2.24, 2.45) is 0 Å². The van der Waals surface area contributed by atoms with Gasteiger partial charge >= 0.3 is 0 Å². The maximum atomic E-state index is 13.3. The number of benzene rings is 1.